The number of fused-ring (bicyclic) bond motifs is 2. The van der Waals surface area contributed by atoms with Gasteiger partial charge in [-0.05, 0) is 67.3 Å². The Kier molecular flexibility index (Phi) is 5.80. The van der Waals surface area contributed by atoms with Crippen molar-refractivity contribution in [2.75, 3.05) is 0 Å². The van der Waals surface area contributed by atoms with Gasteiger partial charge < -0.3 is 10.2 Å². The number of aliphatic hydroxyl groups is 2. The molecule has 1 unspecified atom stereocenters. The zero-order valence-corrected chi connectivity index (χ0v) is 21.1. The molecule has 7 rings (SSSR count). The second-order valence-corrected chi connectivity index (χ2v) is 10.4. The van der Waals surface area contributed by atoms with Crippen molar-refractivity contribution in [2.45, 2.75) is 57.2 Å². The Morgan fingerprint density at radius 2 is 1.84 bits per heavy atom. The maximum absolute atomic E-state index is 14.6. The fourth-order valence-corrected chi connectivity index (χ4v) is 6.26. The molecule has 3 aliphatic rings. The van der Waals surface area contributed by atoms with Gasteiger partial charge in [0.25, 0.3) is 5.95 Å². The van der Waals surface area contributed by atoms with Gasteiger partial charge in [-0.1, -0.05) is 19.9 Å². The number of benzene rings is 1. The fourth-order valence-electron chi connectivity index (χ4n) is 6.26. The van der Waals surface area contributed by atoms with Crippen molar-refractivity contribution in [1.82, 2.24) is 34.9 Å². The minimum atomic E-state index is -1.23. The highest BCUT2D eigenvalue weighted by molar-refractivity contribution is 5.63. The summed E-state index contributed by atoms with van der Waals surface area (Å²) in [5.74, 6) is -0.417. The number of hydrogen-bond acceptors (Lipinski definition) is 8. The van der Waals surface area contributed by atoms with Crippen molar-refractivity contribution in [2.24, 2.45) is 11.8 Å². The minimum absolute atomic E-state index is 0.0662. The minimum Gasteiger partial charge on any atom is -0.390 e. The third kappa shape index (κ3) is 3.56. The molecule has 1 saturated carbocycles. The van der Waals surface area contributed by atoms with Crippen molar-refractivity contribution in [3.8, 4) is 17.2 Å². The fraction of sp³-hybridized carbons (Fsp3) is 0.407. The number of hydrogen-bond donors (Lipinski definition) is 2. The van der Waals surface area contributed by atoms with E-state index >= 15 is 0 Å². The molecular formula is C27H27F2N7O2. The highest BCUT2D eigenvalue weighted by Crippen LogP contribution is 2.60. The molecule has 3 aliphatic carbocycles. The molecule has 11 heteroatoms. The van der Waals surface area contributed by atoms with E-state index < -0.39 is 29.3 Å². The van der Waals surface area contributed by atoms with Gasteiger partial charge in [0.1, 0.15) is 24.1 Å². The van der Waals surface area contributed by atoms with Crippen LogP contribution in [-0.4, -0.2) is 51.2 Å². The smallest absolute Gasteiger partial charge is 0.252 e. The van der Waals surface area contributed by atoms with E-state index in [0.29, 0.717) is 0 Å². The molecule has 2 N–H and O–H groups in total. The highest BCUT2D eigenvalue weighted by atomic mass is 19.1. The summed E-state index contributed by atoms with van der Waals surface area (Å²) in [7, 11) is 0. The van der Waals surface area contributed by atoms with E-state index in [4.69, 9.17) is 4.98 Å². The molecule has 2 bridgehead atoms. The van der Waals surface area contributed by atoms with E-state index in [0.717, 1.165) is 29.8 Å². The van der Waals surface area contributed by atoms with Crippen LogP contribution in [0.1, 0.15) is 68.4 Å². The van der Waals surface area contributed by atoms with Crippen LogP contribution in [0.2, 0.25) is 0 Å². The second kappa shape index (κ2) is 8.95. The van der Waals surface area contributed by atoms with Crippen LogP contribution in [-0.2, 0) is 5.41 Å². The highest BCUT2D eigenvalue weighted by Gasteiger charge is 2.56. The van der Waals surface area contributed by atoms with Gasteiger partial charge >= 0.3 is 0 Å². The average molecular weight is 520 g/mol. The molecule has 0 spiro atoms. The first-order valence-corrected chi connectivity index (χ1v) is 12.7. The average Bonchev–Trinajstić information content (AvgIpc) is 3.41. The van der Waals surface area contributed by atoms with Gasteiger partial charge in [-0.2, -0.15) is 9.78 Å². The summed E-state index contributed by atoms with van der Waals surface area (Å²) in [5, 5.41) is 33.0. The second-order valence-electron chi connectivity index (χ2n) is 10.4. The van der Waals surface area contributed by atoms with Gasteiger partial charge in [0, 0.05) is 6.20 Å². The summed E-state index contributed by atoms with van der Waals surface area (Å²) in [6.07, 6.45) is 2.43. The van der Waals surface area contributed by atoms with Crippen LogP contribution in [0.25, 0.3) is 17.2 Å². The first-order chi connectivity index (χ1) is 18.2. The van der Waals surface area contributed by atoms with Crippen molar-refractivity contribution in [3.05, 3.63) is 77.3 Å². The van der Waals surface area contributed by atoms with Crippen molar-refractivity contribution < 1.29 is 19.0 Å². The first kappa shape index (κ1) is 24.6. The van der Waals surface area contributed by atoms with Crippen molar-refractivity contribution in [1.29, 1.82) is 0 Å². The van der Waals surface area contributed by atoms with Gasteiger partial charge in [0.05, 0.1) is 34.2 Å². The SMILES string of the molecule is CC1[C@@H](C)[C@]2(c3ccnc(-n4cnc([C@@H](O)[C@H](C)O)n4)n3)CC[C@H]1c1cc(-c3c(F)cccc3F)nnc12. The Labute approximate surface area is 217 Å². The molecule has 1 fully saturated rings. The largest absolute Gasteiger partial charge is 0.390 e. The Morgan fingerprint density at radius 3 is 2.58 bits per heavy atom. The third-order valence-electron chi connectivity index (χ3n) is 8.45. The molecule has 0 radical (unpaired) electrons. The summed E-state index contributed by atoms with van der Waals surface area (Å²) < 4.78 is 30.5. The lowest BCUT2D eigenvalue weighted by molar-refractivity contribution is 0.0249. The van der Waals surface area contributed by atoms with E-state index in [9.17, 15) is 19.0 Å². The summed E-state index contributed by atoms with van der Waals surface area (Å²) in [6, 6.07) is 7.41. The van der Waals surface area contributed by atoms with E-state index in [1.54, 1.807) is 12.3 Å². The normalized spacial score (nSPS) is 25.7. The van der Waals surface area contributed by atoms with Crippen LogP contribution < -0.4 is 0 Å². The molecule has 9 nitrogen and oxygen atoms in total. The quantitative estimate of drug-likeness (QED) is 0.410. The van der Waals surface area contributed by atoms with Gasteiger partial charge in [-0.25, -0.2) is 23.7 Å². The van der Waals surface area contributed by atoms with E-state index in [1.807, 2.05) is 6.07 Å². The molecule has 0 amide bonds. The lowest BCUT2D eigenvalue weighted by Gasteiger charge is -2.54. The van der Waals surface area contributed by atoms with Crippen LogP contribution in [0.15, 0.2) is 42.9 Å². The lowest BCUT2D eigenvalue weighted by Crippen LogP contribution is -2.51. The van der Waals surface area contributed by atoms with E-state index in [1.165, 1.54) is 36.1 Å². The predicted molar refractivity (Wildman–Crippen MR) is 132 cm³/mol. The molecule has 6 atom stereocenters. The molecule has 38 heavy (non-hydrogen) atoms. The number of aromatic nitrogens is 7. The van der Waals surface area contributed by atoms with Crippen molar-refractivity contribution >= 4 is 0 Å². The van der Waals surface area contributed by atoms with E-state index in [-0.39, 0.29) is 40.8 Å². The van der Waals surface area contributed by atoms with Crippen LogP contribution in [0.4, 0.5) is 8.78 Å². The van der Waals surface area contributed by atoms with Gasteiger partial charge in [0.2, 0.25) is 0 Å². The standard InChI is InChI=1S/C27H27F2N7O2/c1-13-14(2)27(21-8-10-30-26(32-21)36-12-31-25(35-36)23(38)15(3)37)9-7-16(13)17-11-20(33-34-24(17)27)22-18(28)5-4-6-19(22)29/h4-6,8,10-16,23,37-38H,7,9H2,1-3H3/t13?,14-,15+,16-,23+,27+/m1/s1. The van der Waals surface area contributed by atoms with Crippen LogP contribution >= 0.6 is 0 Å². The Hall–Kier alpha value is -3.70. The van der Waals surface area contributed by atoms with Crippen LogP contribution in [0.3, 0.4) is 0 Å². The summed E-state index contributed by atoms with van der Waals surface area (Å²) in [4.78, 5) is 13.3. The molecule has 4 aromatic rings. The number of nitrogens with zero attached hydrogens (tertiary/aromatic N) is 7. The summed E-state index contributed by atoms with van der Waals surface area (Å²) in [5.41, 5.74) is 1.88. The number of aliphatic hydroxyl groups excluding tert-OH is 2. The van der Waals surface area contributed by atoms with Crippen molar-refractivity contribution in [3.63, 3.8) is 0 Å². The third-order valence-corrected chi connectivity index (χ3v) is 8.45. The Morgan fingerprint density at radius 1 is 1.08 bits per heavy atom. The molecule has 1 aromatic carbocycles. The lowest BCUT2D eigenvalue weighted by atomic mass is 9.50. The molecule has 3 aromatic heterocycles. The zero-order valence-electron chi connectivity index (χ0n) is 21.1. The van der Waals surface area contributed by atoms with Gasteiger partial charge in [-0.3, -0.25) is 0 Å². The van der Waals surface area contributed by atoms with Gasteiger partial charge in [-0.15, -0.1) is 10.2 Å². The predicted octanol–water partition coefficient (Wildman–Crippen LogP) is 3.66. The molecule has 196 valence electrons. The molecule has 0 aliphatic heterocycles. The number of rotatable bonds is 5. The molecule has 0 saturated heterocycles. The summed E-state index contributed by atoms with van der Waals surface area (Å²) >= 11 is 0. The van der Waals surface area contributed by atoms with Crippen LogP contribution in [0.5, 0.6) is 0 Å². The first-order valence-electron chi connectivity index (χ1n) is 12.7. The number of halogens is 2. The Bertz CT molecular complexity index is 1510. The van der Waals surface area contributed by atoms with E-state index in [2.05, 4.69) is 39.1 Å². The molecule has 3 heterocycles. The van der Waals surface area contributed by atoms with Gasteiger partial charge in [0.15, 0.2) is 5.82 Å². The maximum Gasteiger partial charge on any atom is 0.252 e. The Balaban J connectivity index is 1.47. The van der Waals surface area contributed by atoms with Crippen LogP contribution in [0, 0.1) is 23.5 Å². The zero-order chi connectivity index (χ0) is 26.8. The monoisotopic (exact) mass is 519 g/mol. The molecular weight excluding hydrogens is 492 g/mol. The summed E-state index contributed by atoms with van der Waals surface area (Å²) in [6.45, 7) is 5.83. The maximum atomic E-state index is 14.6. The topological polar surface area (TPSA) is 123 Å².